The largest absolute Gasteiger partial charge is 0.506 e. The first-order chi connectivity index (χ1) is 7.09. The van der Waals surface area contributed by atoms with Crippen molar-refractivity contribution in [1.29, 1.82) is 0 Å². The van der Waals surface area contributed by atoms with Crippen LogP contribution < -0.4 is 5.32 Å². The van der Waals surface area contributed by atoms with E-state index < -0.39 is 0 Å². The number of nitrogens with zero attached hydrogens (tertiary/aromatic N) is 1. The Labute approximate surface area is 89.3 Å². The first kappa shape index (κ1) is 11.5. The average molecular weight is 208 g/mol. The molecule has 0 bridgehead atoms. The number of aromatic nitrogens is 1. The zero-order valence-corrected chi connectivity index (χ0v) is 9.03. The molecule has 4 heteroatoms. The van der Waals surface area contributed by atoms with Gasteiger partial charge in [0, 0.05) is 12.7 Å². The van der Waals surface area contributed by atoms with Gasteiger partial charge in [-0.05, 0) is 18.4 Å². The summed E-state index contributed by atoms with van der Waals surface area (Å²) >= 11 is 0. The Morgan fingerprint density at radius 1 is 1.53 bits per heavy atom. The second-order valence-corrected chi connectivity index (χ2v) is 3.87. The summed E-state index contributed by atoms with van der Waals surface area (Å²) in [5, 5.41) is 11.9. The van der Waals surface area contributed by atoms with Crippen molar-refractivity contribution < 1.29 is 9.90 Å². The van der Waals surface area contributed by atoms with Crippen LogP contribution in [0.25, 0.3) is 0 Å². The van der Waals surface area contributed by atoms with E-state index in [4.69, 9.17) is 5.11 Å². The second kappa shape index (κ2) is 5.34. The molecular formula is C11H16N2O2. The molecule has 0 fully saturated rings. The topological polar surface area (TPSA) is 62.2 Å². The lowest BCUT2D eigenvalue weighted by molar-refractivity contribution is 0.0951. The third-order valence-electron chi connectivity index (χ3n) is 1.99. The van der Waals surface area contributed by atoms with Crippen molar-refractivity contribution in [2.45, 2.75) is 20.3 Å². The molecule has 1 aromatic heterocycles. The maximum absolute atomic E-state index is 11.5. The monoisotopic (exact) mass is 208 g/mol. The fraction of sp³-hybridized carbons (Fsp3) is 0.455. The first-order valence-electron chi connectivity index (χ1n) is 5.02. The van der Waals surface area contributed by atoms with Crippen molar-refractivity contribution in [3.05, 3.63) is 24.0 Å². The van der Waals surface area contributed by atoms with Gasteiger partial charge in [-0.1, -0.05) is 13.8 Å². The van der Waals surface area contributed by atoms with E-state index in [-0.39, 0.29) is 11.7 Å². The third-order valence-corrected chi connectivity index (χ3v) is 1.99. The molecule has 0 saturated carbocycles. The number of hydrogen-bond acceptors (Lipinski definition) is 3. The Balaban J connectivity index is 2.47. The van der Waals surface area contributed by atoms with Gasteiger partial charge in [0.2, 0.25) is 0 Å². The van der Waals surface area contributed by atoms with Crippen molar-refractivity contribution in [3.8, 4) is 5.75 Å². The summed E-state index contributed by atoms with van der Waals surface area (Å²) in [5.74, 6) is 0.373. The van der Waals surface area contributed by atoms with E-state index in [2.05, 4.69) is 24.1 Å². The Morgan fingerprint density at radius 3 is 2.87 bits per heavy atom. The number of hydrogen-bond donors (Lipinski definition) is 2. The molecule has 0 aliphatic carbocycles. The highest BCUT2D eigenvalue weighted by Gasteiger charge is 2.06. The number of nitrogens with one attached hydrogen (secondary N) is 1. The minimum Gasteiger partial charge on any atom is -0.506 e. The van der Waals surface area contributed by atoms with Crippen LogP contribution in [0.2, 0.25) is 0 Å². The molecule has 0 aromatic carbocycles. The lowest BCUT2D eigenvalue weighted by Gasteiger charge is -2.06. The number of carbonyl (C=O) groups excluding carboxylic acids is 1. The minimum absolute atomic E-state index is 0.00603. The van der Waals surface area contributed by atoms with Gasteiger partial charge in [-0.3, -0.25) is 9.78 Å². The van der Waals surface area contributed by atoms with Crippen LogP contribution in [0.15, 0.2) is 18.5 Å². The molecule has 0 saturated heterocycles. The normalized spacial score (nSPS) is 10.3. The van der Waals surface area contributed by atoms with E-state index in [9.17, 15) is 4.79 Å². The molecule has 0 aliphatic rings. The van der Waals surface area contributed by atoms with E-state index in [0.717, 1.165) is 6.42 Å². The first-order valence-corrected chi connectivity index (χ1v) is 5.02. The molecule has 15 heavy (non-hydrogen) atoms. The lowest BCUT2D eigenvalue weighted by Crippen LogP contribution is -2.25. The van der Waals surface area contributed by atoms with Crippen molar-refractivity contribution in [1.82, 2.24) is 10.3 Å². The molecule has 1 amide bonds. The Hall–Kier alpha value is -1.58. The molecule has 0 spiro atoms. The smallest absolute Gasteiger partial charge is 0.252 e. The zero-order valence-electron chi connectivity index (χ0n) is 9.03. The Morgan fingerprint density at radius 2 is 2.27 bits per heavy atom. The van der Waals surface area contributed by atoms with Gasteiger partial charge in [0.1, 0.15) is 5.75 Å². The van der Waals surface area contributed by atoms with Gasteiger partial charge >= 0.3 is 0 Å². The molecule has 2 N–H and O–H groups in total. The minimum atomic E-state index is -0.195. The quantitative estimate of drug-likeness (QED) is 0.789. The molecule has 1 rings (SSSR count). The van der Waals surface area contributed by atoms with Gasteiger partial charge in [0.05, 0.1) is 11.8 Å². The fourth-order valence-electron chi connectivity index (χ4n) is 1.13. The van der Waals surface area contributed by atoms with E-state index >= 15 is 0 Å². The molecule has 0 unspecified atom stereocenters. The molecule has 0 radical (unpaired) electrons. The standard InChI is InChI=1S/C11H16N2O2/c1-8(2)3-4-13-11(15)9-5-10(14)7-12-6-9/h5-8,14H,3-4H2,1-2H3,(H,13,15). The molecule has 0 aliphatic heterocycles. The number of aromatic hydroxyl groups is 1. The lowest BCUT2D eigenvalue weighted by atomic mass is 10.1. The van der Waals surface area contributed by atoms with Crippen LogP contribution >= 0.6 is 0 Å². The molecule has 4 nitrogen and oxygen atoms in total. The summed E-state index contributed by atoms with van der Waals surface area (Å²) in [6, 6.07) is 1.40. The summed E-state index contributed by atoms with van der Waals surface area (Å²) in [4.78, 5) is 15.3. The number of amides is 1. The summed E-state index contributed by atoms with van der Waals surface area (Å²) in [5.41, 5.74) is 0.388. The van der Waals surface area contributed by atoms with Gasteiger partial charge in [0.15, 0.2) is 0 Å². The van der Waals surface area contributed by atoms with Crippen LogP contribution in [0.3, 0.4) is 0 Å². The highest BCUT2D eigenvalue weighted by atomic mass is 16.3. The third kappa shape index (κ3) is 3.97. The van der Waals surface area contributed by atoms with Crippen molar-refractivity contribution in [2.24, 2.45) is 5.92 Å². The van der Waals surface area contributed by atoms with Gasteiger partial charge in [-0.15, -0.1) is 0 Å². The number of rotatable bonds is 4. The van der Waals surface area contributed by atoms with Crippen molar-refractivity contribution in [2.75, 3.05) is 6.54 Å². The zero-order chi connectivity index (χ0) is 11.3. The molecule has 1 heterocycles. The van der Waals surface area contributed by atoms with E-state index in [1.54, 1.807) is 0 Å². The predicted octanol–water partition coefficient (Wildman–Crippen LogP) is 1.56. The average Bonchev–Trinajstić information content (AvgIpc) is 2.17. The van der Waals surface area contributed by atoms with E-state index in [0.29, 0.717) is 18.0 Å². The Bertz CT molecular complexity index is 337. The second-order valence-electron chi connectivity index (χ2n) is 3.87. The number of pyridine rings is 1. The molecule has 0 atom stereocenters. The summed E-state index contributed by atoms with van der Waals surface area (Å²) < 4.78 is 0. The van der Waals surface area contributed by atoms with Gasteiger partial charge in [0.25, 0.3) is 5.91 Å². The van der Waals surface area contributed by atoms with Crippen molar-refractivity contribution in [3.63, 3.8) is 0 Å². The van der Waals surface area contributed by atoms with Crippen LogP contribution in [0.1, 0.15) is 30.6 Å². The SMILES string of the molecule is CC(C)CCNC(=O)c1cncc(O)c1. The maximum atomic E-state index is 11.5. The van der Waals surface area contributed by atoms with Crippen LogP contribution in [0.4, 0.5) is 0 Å². The molecular weight excluding hydrogens is 192 g/mol. The maximum Gasteiger partial charge on any atom is 0.252 e. The van der Waals surface area contributed by atoms with Gasteiger partial charge < -0.3 is 10.4 Å². The van der Waals surface area contributed by atoms with Crippen LogP contribution in [0.5, 0.6) is 5.75 Å². The van der Waals surface area contributed by atoms with Crippen LogP contribution in [-0.4, -0.2) is 22.5 Å². The van der Waals surface area contributed by atoms with E-state index in [1.165, 1.54) is 18.5 Å². The summed E-state index contributed by atoms with van der Waals surface area (Å²) in [6.07, 6.45) is 3.67. The van der Waals surface area contributed by atoms with Gasteiger partial charge in [-0.2, -0.15) is 0 Å². The highest BCUT2D eigenvalue weighted by molar-refractivity contribution is 5.94. The highest BCUT2D eigenvalue weighted by Crippen LogP contribution is 2.08. The molecule has 1 aromatic rings. The number of carbonyl (C=O) groups is 1. The Kier molecular flexibility index (Phi) is 4.09. The predicted molar refractivity (Wildman–Crippen MR) is 57.7 cm³/mol. The van der Waals surface area contributed by atoms with Gasteiger partial charge in [-0.25, -0.2) is 0 Å². The van der Waals surface area contributed by atoms with Crippen LogP contribution in [-0.2, 0) is 0 Å². The van der Waals surface area contributed by atoms with Crippen molar-refractivity contribution >= 4 is 5.91 Å². The van der Waals surface area contributed by atoms with Crippen LogP contribution in [0, 0.1) is 5.92 Å². The summed E-state index contributed by atoms with van der Waals surface area (Å²) in [7, 11) is 0. The summed E-state index contributed by atoms with van der Waals surface area (Å²) in [6.45, 7) is 4.84. The van der Waals surface area contributed by atoms with E-state index in [1.807, 2.05) is 0 Å². The molecule has 82 valence electrons. The fourth-order valence-corrected chi connectivity index (χ4v) is 1.13.